The smallest absolute Gasteiger partial charge is 0.406 e. The third-order valence-electron chi connectivity index (χ3n) is 3.31. The Balaban J connectivity index is 2.18. The molecule has 0 saturated carbocycles. The van der Waals surface area contributed by atoms with Gasteiger partial charge in [-0.25, -0.2) is 4.79 Å². The molecule has 5 nitrogen and oxygen atoms in total. The molecule has 21 heavy (non-hydrogen) atoms. The number of rotatable bonds is 2. The third-order valence-corrected chi connectivity index (χ3v) is 3.31. The number of aryl methyl sites for hydroxylation is 1. The summed E-state index contributed by atoms with van der Waals surface area (Å²) >= 11 is 0. The fourth-order valence-electron chi connectivity index (χ4n) is 2.24. The summed E-state index contributed by atoms with van der Waals surface area (Å²) in [6, 6.07) is 12.9. The minimum Gasteiger partial charge on any atom is -0.406 e. The second-order valence-electron chi connectivity index (χ2n) is 4.92. The molecule has 0 radical (unpaired) electrons. The Morgan fingerprint density at radius 3 is 2.81 bits per heavy atom. The molecular weight excluding hydrogens is 266 g/mol. The monoisotopic (exact) mass is 281 g/mol. The van der Waals surface area contributed by atoms with Gasteiger partial charge in [0.2, 0.25) is 0 Å². The van der Waals surface area contributed by atoms with Crippen molar-refractivity contribution in [2.24, 2.45) is 5.10 Å². The number of oxazole rings is 1. The molecule has 0 atom stereocenters. The van der Waals surface area contributed by atoms with Crippen LogP contribution in [0.25, 0.3) is 11.1 Å². The normalized spacial score (nSPS) is 12.0. The van der Waals surface area contributed by atoms with Crippen molar-refractivity contribution in [3.63, 3.8) is 0 Å². The van der Waals surface area contributed by atoms with Gasteiger partial charge in [0.15, 0.2) is 5.58 Å². The van der Waals surface area contributed by atoms with Gasteiger partial charge in [-0.1, -0.05) is 23.8 Å². The van der Waals surface area contributed by atoms with Crippen LogP contribution in [0.3, 0.4) is 0 Å². The SMILES string of the molecule is C/C(=N\n1c(=O)oc2ccccc21)c1cc(C)ccc1N. The second-order valence-corrected chi connectivity index (χ2v) is 4.92. The number of aromatic nitrogens is 1. The van der Waals surface area contributed by atoms with E-state index in [-0.39, 0.29) is 0 Å². The van der Waals surface area contributed by atoms with Gasteiger partial charge < -0.3 is 10.2 Å². The Morgan fingerprint density at radius 2 is 2.00 bits per heavy atom. The van der Waals surface area contributed by atoms with Crippen LogP contribution in [0.5, 0.6) is 0 Å². The average molecular weight is 281 g/mol. The summed E-state index contributed by atoms with van der Waals surface area (Å²) in [4.78, 5) is 11.9. The predicted octanol–water partition coefficient (Wildman–Crippen LogP) is 2.76. The second kappa shape index (κ2) is 4.94. The topological polar surface area (TPSA) is 73.5 Å². The van der Waals surface area contributed by atoms with Crippen molar-refractivity contribution in [1.29, 1.82) is 0 Å². The fourth-order valence-corrected chi connectivity index (χ4v) is 2.24. The molecule has 0 saturated heterocycles. The Bertz CT molecular complexity index is 903. The molecule has 0 aliphatic heterocycles. The molecule has 0 spiro atoms. The van der Waals surface area contributed by atoms with Crippen LogP contribution in [-0.2, 0) is 0 Å². The number of hydrogen-bond donors (Lipinski definition) is 1. The summed E-state index contributed by atoms with van der Waals surface area (Å²) in [6.45, 7) is 3.80. The lowest BCUT2D eigenvalue weighted by atomic mass is 10.1. The van der Waals surface area contributed by atoms with E-state index in [2.05, 4.69) is 5.10 Å². The lowest BCUT2D eigenvalue weighted by molar-refractivity contribution is 0.525. The van der Waals surface area contributed by atoms with E-state index < -0.39 is 5.76 Å². The van der Waals surface area contributed by atoms with Crippen molar-refractivity contribution in [3.05, 3.63) is 64.1 Å². The summed E-state index contributed by atoms with van der Waals surface area (Å²) in [5.74, 6) is -0.512. The molecule has 106 valence electrons. The van der Waals surface area contributed by atoms with Crippen LogP contribution in [0.4, 0.5) is 5.69 Å². The predicted molar refractivity (Wildman–Crippen MR) is 83.7 cm³/mol. The molecule has 0 fully saturated rings. The van der Waals surface area contributed by atoms with E-state index in [0.717, 1.165) is 11.1 Å². The highest BCUT2D eigenvalue weighted by atomic mass is 16.4. The number of hydrogen-bond acceptors (Lipinski definition) is 4. The van der Waals surface area contributed by atoms with E-state index >= 15 is 0 Å². The Hall–Kier alpha value is -2.82. The highest BCUT2D eigenvalue weighted by Crippen LogP contribution is 2.16. The first-order valence-electron chi connectivity index (χ1n) is 6.59. The molecule has 0 bridgehead atoms. The zero-order valence-corrected chi connectivity index (χ0v) is 11.8. The molecule has 2 aromatic carbocycles. The minimum atomic E-state index is -0.512. The van der Waals surface area contributed by atoms with E-state index in [4.69, 9.17) is 10.2 Å². The van der Waals surface area contributed by atoms with Gasteiger partial charge in [-0.05, 0) is 38.1 Å². The maximum absolute atomic E-state index is 11.9. The lowest BCUT2D eigenvalue weighted by Gasteiger charge is -2.06. The van der Waals surface area contributed by atoms with Gasteiger partial charge in [0, 0.05) is 11.3 Å². The van der Waals surface area contributed by atoms with Gasteiger partial charge in [-0.3, -0.25) is 0 Å². The average Bonchev–Trinajstić information content (AvgIpc) is 2.78. The third kappa shape index (κ3) is 2.33. The van der Waals surface area contributed by atoms with Crippen molar-refractivity contribution in [1.82, 2.24) is 4.68 Å². The fraction of sp³-hybridized carbons (Fsp3) is 0.125. The molecule has 1 heterocycles. The van der Waals surface area contributed by atoms with Crippen LogP contribution in [0.2, 0.25) is 0 Å². The number of fused-ring (bicyclic) bond motifs is 1. The first kappa shape index (κ1) is 13.2. The van der Waals surface area contributed by atoms with Crippen LogP contribution >= 0.6 is 0 Å². The van der Waals surface area contributed by atoms with Gasteiger partial charge in [0.05, 0.1) is 5.71 Å². The van der Waals surface area contributed by atoms with Crippen LogP contribution in [0.15, 0.2) is 56.8 Å². The van der Waals surface area contributed by atoms with Crippen molar-refractivity contribution in [3.8, 4) is 0 Å². The zero-order chi connectivity index (χ0) is 15.0. The van der Waals surface area contributed by atoms with Crippen LogP contribution in [-0.4, -0.2) is 10.4 Å². The van der Waals surface area contributed by atoms with E-state index in [9.17, 15) is 4.79 Å². The highest BCUT2D eigenvalue weighted by molar-refractivity contribution is 6.03. The number of anilines is 1. The molecular formula is C16H15N3O2. The zero-order valence-electron chi connectivity index (χ0n) is 11.8. The Morgan fingerprint density at radius 1 is 1.24 bits per heavy atom. The Kier molecular flexibility index (Phi) is 3.10. The molecule has 5 heteroatoms. The van der Waals surface area contributed by atoms with E-state index in [0.29, 0.717) is 22.5 Å². The summed E-state index contributed by atoms with van der Waals surface area (Å²) in [5, 5.41) is 4.37. The molecule has 0 amide bonds. The number of nitrogens with two attached hydrogens (primary N) is 1. The summed E-state index contributed by atoms with van der Waals surface area (Å²) in [5.41, 5.74) is 10.3. The maximum atomic E-state index is 11.9. The van der Waals surface area contributed by atoms with Crippen molar-refractivity contribution in [2.75, 3.05) is 5.73 Å². The number of nitrogens with zero attached hydrogens (tertiary/aromatic N) is 2. The van der Waals surface area contributed by atoms with Crippen molar-refractivity contribution >= 4 is 22.5 Å². The first-order chi connectivity index (χ1) is 10.1. The van der Waals surface area contributed by atoms with Crippen molar-refractivity contribution in [2.45, 2.75) is 13.8 Å². The quantitative estimate of drug-likeness (QED) is 0.580. The standard InChI is InChI=1S/C16H15N3O2/c1-10-7-8-13(17)12(9-10)11(2)18-19-14-5-3-4-6-15(14)21-16(19)20/h3-9H,17H2,1-2H3/b18-11+. The van der Waals surface area contributed by atoms with E-state index in [1.54, 1.807) is 12.1 Å². The van der Waals surface area contributed by atoms with Gasteiger partial charge in [0.1, 0.15) is 5.52 Å². The molecule has 3 rings (SSSR count). The van der Waals surface area contributed by atoms with Crippen molar-refractivity contribution < 1.29 is 4.42 Å². The highest BCUT2D eigenvalue weighted by Gasteiger charge is 2.09. The molecule has 0 unspecified atom stereocenters. The van der Waals surface area contributed by atoms with E-state index in [1.807, 2.05) is 44.2 Å². The lowest BCUT2D eigenvalue weighted by Crippen LogP contribution is -2.12. The molecule has 2 N–H and O–H groups in total. The first-order valence-corrected chi connectivity index (χ1v) is 6.59. The van der Waals surface area contributed by atoms with Crippen LogP contribution < -0.4 is 11.5 Å². The van der Waals surface area contributed by atoms with Crippen LogP contribution in [0.1, 0.15) is 18.1 Å². The molecule has 0 aliphatic rings. The number of para-hydroxylation sites is 2. The summed E-state index contributed by atoms with van der Waals surface area (Å²) < 4.78 is 6.42. The van der Waals surface area contributed by atoms with Gasteiger partial charge in [0.25, 0.3) is 0 Å². The molecule has 1 aromatic heterocycles. The largest absolute Gasteiger partial charge is 0.440 e. The summed E-state index contributed by atoms with van der Waals surface area (Å²) in [6.07, 6.45) is 0. The number of benzene rings is 2. The maximum Gasteiger partial charge on any atom is 0.440 e. The number of nitrogen functional groups attached to an aromatic ring is 1. The van der Waals surface area contributed by atoms with Crippen LogP contribution in [0, 0.1) is 6.92 Å². The molecule has 0 aliphatic carbocycles. The Labute approximate surface area is 121 Å². The van der Waals surface area contributed by atoms with Gasteiger partial charge in [-0.2, -0.15) is 9.78 Å². The van der Waals surface area contributed by atoms with Gasteiger partial charge >= 0.3 is 5.76 Å². The molecule has 3 aromatic rings. The minimum absolute atomic E-state index is 0.510. The van der Waals surface area contributed by atoms with Gasteiger partial charge in [-0.15, -0.1) is 0 Å². The van der Waals surface area contributed by atoms with E-state index in [1.165, 1.54) is 4.68 Å². The summed E-state index contributed by atoms with van der Waals surface area (Å²) in [7, 11) is 0.